The summed E-state index contributed by atoms with van der Waals surface area (Å²) in [6.45, 7) is 6.23. The maximum absolute atomic E-state index is 12.7. The van der Waals surface area contributed by atoms with Crippen molar-refractivity contribution in [3.8, 4) is 0 Å². The van der Waals surface area contributed by atoms with E-state index >= 15 is 0 Å². The Labute approximate surface area is 171 Å². The number of fused-ring (bicyclic) bond motifs is 1. The molecule has 1 amide bonds. The zero-order chi connectivity index (χ0) is 20.2. The minimum Gasteiger partial charge on any atom is -0.340 e. The van der Waals surface area contributed by atoms with Crippen LogP contribution in [-0.4, -0.2) is 46.9 Å². The first-order valence-electron chi connectivity index (χ1n) is 10.2. The third-order valence-corrected chi connectivity index (χ3v) is 5.66. The van der Waals surface area contributed by atoms with E-state index in [0.717, 1.165) is 49.2 Å². The van der Waals surface area contributed by atoms with Crippen LogP contribution in [-0.2, 0) is 17.8 Å². The highest BCUT2D eigenvalue weighted by molar-refractivity contribution is 5.80. The molecule has 1 aliphatic heterocycles. The lowest BCUT2D eigenvalue weighted by atomic mass is 10.1. The van der Waals surface area contributed by atoms with Gasteiger partial charge in [0.15, 0.2) is 0 Å². The number of nitrogens with one attached hydrogen (secondary N) is 1. The number of H-pyrrole nitrogens is 1. The van der Waals surface area contributed by atoms with Crippen LogP contribution in [0, 0.1) is 6.92 Å². The Morgan fingerprint density at radius 3 is 2.52 bits per heavy atom. The lowest BCUT2D eigenvalue weighted by Crippen LogP contribution is -2.48. The number of hydrogen-bond donors (Lipinski definition) is 1. The number of aryl methyl sites for hydroxylation is 2. The maximum Gasteiger partial charge on any atom is 0.251 e. The molecule has 0 aliphatic carbocycles. The molecule has 1 aliphatic rings. The van der Waals surface area contributed by atoms with Crippen molar-refractivity contribution in [1.29, 1.82) is 0 Å². The summed E-state index contributed by atoms with van der Waals surface area (Å²) >= 11 is 0. The van der Waals surface area contributed by atoms with Crippen molar-refractivity contribution in [3.63, 3.8) is 0 Å². The molecule has 2 aromatic carbocycles. The molecule has 4 rings (SSSR count). The Kier molecular flexibility index (Phi) is 5.76. The standard InChI is InChI=1S/C24H27N3O2/c1-18-7-9-22-21(15-18)16-20(24(29)25-22)8-10-23(28)27-13-11-26(12-14-27)17-19-5-3-2-4-6-19/h2-7,9,15-16H,8,10-14,17H2,1H3,(H,25,29). The van der Waals surface area contributed by atoms with E-state index < -0.39 is 0 Å². The van der Waals surface area contributed by atoms with Gasteiger partial charge in [0.25, 0.3) is 5.56 Å². The first kappa shape index (κ1) is 19.4. The zero-order valence-electron chi connectivity index (χ0n) is 16.9. The van der Waals surface area contributed by atoms with E-state index in [1.807, 2.05) is 36.1 Å². The highest BCUT2D eigenvalue weighted by atomic mass is 16.2. The van der Waals surface area contributed by atoms with Gasteiger partial charge in [0, 0.05) is 50.2 Å². The first-order chi connectivity index (χ1) is 14.1. The van der Waals surface area contributed by atoms with Gasteiger partial charge in [-0.15, -0.1) is 0 Å². The highest BCUT2D eigenvalue weighted by Crippen LogP contribution is 2.15. The van der Waals surface area contributed by atoms with Gasteiger partial charge in [-0.05, 0) is 42.5 Å². The minimum atomic E-state index is -0.0955. The molecule has 29 heavy (non-hydrogen) atoms. The second-order valence-corrected chi connectivity index (χ2v) is 7.86. The summed E-state index contributed by atoms with van der Waals surface area (Å²) in [5.41, 5.74) is 3.88. The topological polar surface area (TPSA) is 56.4 Å². The molecule has 1 aromatic heterocycles. The minimum absolute atomic E-state index is 0.0955. The lowest BCUT2D eigenvalue weighted by molar-refractivity contribution is -0.133. The molecule has 1 N–H and O–H groups in total. The number of nitrogens with zero attached hydrogens (tertiary/aromatic N) is 2. The summed E-state index contributed by atoms with van der Waals surface area (Å²) < 4.78 is 0. The average molecular weight is 389 g/mol. The number of aromatic amines is 1. The lowest BCUT2D eigenvalue weighted by Gasteiger charge is -2.34. The Morgan fingerprint density at radius 2 is 1.76 bits per heavy atom. The molecule has 0 bridgehead atoms. The normalized spacial score (nSPS) is 15.0. The zero-order valence-corrected chi connectivity index (χ0v) is 16.9. The van der Waals surface area contributed by atoms with Crippen LogP contribution in [0.4, 0.5) is 0 Å². The highest BCUT2D eigenvalue weighted by Gasteiger charge is 2.21. The molecule has 0 spiro atoms. The fourth-order valence-electron chi connectivity index (χ4n) is 3.95. The van der Waals surface area contributed by atoms with Gasteiger partial charge in [0.1, 0.15) is 0 Å². The Balaban J connectivity index is 1.32. The number of carbonyl (C=O) groups is 1. The SMILES string of the molecule is Cc1ccc2[nH]c(=O)c(CCC(=O)N3CCN(Cc4ccccc4)CC3)cc2c1. The number of hydrogen-bond acceptors (Lipinski definition) is 3. The fraction of sp³-hybridized carbons (Fsp3) is 0.333. The summed E-state index contributed by atoms with van der Waals surface area (Å²) in [6.07, 6.45) is 0.849. The second-order valence-electron chi connectivity index (χ2n) is 7.86. The van der Waals surface area contributed by atoms with Crippen LogP contribution in [0.3, 0.4) is 0 Å². The number of piperazine rings is 1. The maximum atomic E-state index is 12.7. The van der Waals surface area contributed by atoms with Crippen molar-refractivity contribution in [2.45, 2.75) is 26.3 Å². The van der Waals surface area contributed by atoms with Gasteiger partial charge >= 0.3 is 0 Å². The molecular weight excluding hydrogens is 362 g/mol. The van der Waals surface area contributed by atoms with Gasteiger partial charge in [-0.25, -0.2) is 0 Å². The number of benzene rings is 2. The number of amides is 1. The molecule has 150 valence electrons. The molecule has 1 fully saturated rings. The Bertz CT molecular complexity index is 1050. The second kappa shape index (κ2) is 8.62. The molecule has 5 nitrogen and oxygen atoms in total. The number of pyridine rings is 1. The molecule has 2 heterocycles. The summed E-state index contributed by atoms with van der Waals surface area (Å²) in [6, 6.07) is 18.3. The molecule has 0 saturated carbocycles. The van der Waals surface area contributed by atoms with Gasteiger partial charge in [-0.3, -0.25) is 14.5 Å². The van der Waals surface area contributed by atoms with Gasteiger partial charge in [0.2, 0.25) is 5.91 Å². The van der Waals surface area contributed by atoms with Gasteiger partial charge in [-0.1, -0.05) is 42.0 Å². The predicted octanol–water partition coefficient (Wildman–Crippen LogP) is 3.11. The van der Waals surface area contributed by atoms with Crippen molar-refractivity contribution in [2.75, 3.05) is 26.2 Å². The number of aromatic nitrogens is 1. The number of rotatable bonds is 5. The summed E-state index contributed by atoms with van der Waals surface area (Å²) in [5.74, 6) is 0.133. The van der Waals surface area contributed by atoms with E-state index in [1.165, 1.54) is 5.56 Å². The van der Waals surface area contributed by atoms with Gasteiger partial charge in [0.05, 0.1) is 0 Å². The summed E-state index contributed by atoms with van der Waals surface area (Å²) in [7, 11) is 0. The summed E-state index contributed by atoms with van der Waals surface area (Å²) in [4.78, 5) is 32.2. The molecule has 1 saturated heterocycles. The smallest absolute Gasteiger partial charge is 0.251 e. The fourth-order valence-corrected chi connectivity index (χ4v) is 3.95. The third-order valence-electron chi connectivity index (χ3n) is 5.66. The van der Waals surface area contributed by atoms with Crippen LogP contribution in [0.5, 0.6) is 0 Å². The monoisotopic (exact) mass is 389 g/mol. The van der Waals surface area contributed by atoms with Crippen LogP contribution in [0.2, 0.25) is 0 Å². The molecule has 0 atom stereocenters. The van der Waals surface area contributed by atoms with E-state index in [2.05, 4.69) is 40.2 Å². The van der Waals surface area contributed by atoms with E-state index in [0.29, 0.717) is 18.4 Å². The van der Waals surface area contributed by atoms with E-state index in [1.54, 1.807) is 0 Å². The molecule has 0 unspecified atom stereocenters. The van der Waals surface area contributed by atoms with Gasteiger partial charge < -0.3 is 9.88 Å². The van der Waals surface area contributed by atoms with Crippen molar-refractivity contribution < 1.29 is 4.79 Å². The van der Waals surface area contributed by atoms with E-state index in [4.69, 9.17) is 0 Å². The van der Waals surface area contributed by atoms with Crippen LogP contribution in [0.1, 0.15) is 23.1 Å². The molecule has 0 radical (unpaired) electrons. The Morgan fingerprint density at radius 1 is 1.00 bits per heavy atom. The van der Waals surface area contributed by atoms with Crippen molar-refractivity contribution >= 4 is 16.8 Å². The van der Waals surface area contributed by atoms with E-state index in [-0.39, 0.29) is 11.5 Å². The largest absolute Gasteiger partial charge is 0.340 e. The summed E-state index contributed by atoms with van der Waals surface area (Å²) in [5, 5.41) is 1.02. The van der Waals surface area contributed by atoms with Crippen LogP contribution in [0.15, 0.2) is 59.4 Å². The molecular formula is C24H27N3O2. The quantitative estimate of drug-likeness (QED) is 0.730. The van der Waals surface area contributed by atoms with Crippen LogP contribution in [0.25, 0.3) is 10.9 Å². The van der Waals surface area contributed by atoms with Crippen molar-refractivity contribution in [3.05, 3.63) is 81.6 Å². The predicted molar refractivity (Wildman–Crippen MR) is 116 cm³/mol. The average Bonchev–Trinajstić information content (AvgIpc) is 2.73. The van der Waals surface area contributed by atoms with E-state index in [9.17, 15) is 9.59 Å². The van der Waals surface area contributed by atoms with Crippen LogP contribution >= 0.6 is 0 Å². The van der Waals surface area contributed by atoms with Crippen LogP contribution < -0.4 is 5.56 Å². The first-order valence-corrected chi connectivity index (χ1v) is 10.2. The Hall–Kier alpha value is -2.92. The number of carbonyl (C=O) groups excluding carboxylic acids is 1. The molecule has 5 heteroatoms. The van der Waals surface area contributed by atoms with Crippen molar-refractivity contribution in [1.82, 2.24) is 14.8 Å². The van der Waals surface area contributed by atoms with Crippen molar-refractivity contribution in [2.24, 2.45) is 0 Å². The third kappa shape index (κ3) is 4.74. The molecule has 3 aromatic rings. The van der Waals surface area contributed by atoms with Gasteiger partial charge in [-0.2, -0.15) is 0 Å².